The van der Waals surface area contributed by atoms with Crippen LogP contribution >= 0.6 is 0 Å². The molecule has 0 saturated carbocycles. The van der Waals surface area contributed by atoms with E-state index in [0.29, 0.717) is 0 Å². The van der Waals surface area contributed by atoms with Crippen molar-refractivity contribution in [2.24, 2.45) is 0 Å². The van der Waals surface area contributed by atoms with E-state index in [1.807, 2.05) is 30.3 Å². The van der Waals surface area contributed by atoms with Crippen LogP contribution in [0.4, 0.5) is 0 Å². The Morgan fingerprint density at radius 3 is 2.60 bits per heavy atom. The molecule has 1 heterocycles. The fourth-order valence-electron chi connectivity index (χ4n) is 1.89. The van der Waals surface area contributed by atoms with Gasteiger partial charge >= 0.3 is 0 Å². The van der Waals surface area contributed by atoms with Crippen molar-refractivity contribution >= 4 is 0 Å². The molecule has 0 spiro atoms. The normalized spacial score (nSPS) is 12.6. The molecule has 73 valence electrons. The van der Waals surface area contributed by atoms with Crippen molar-refractivity contribution in [3.05, 3.63) is 65.6 Å². The molecule has 0 fully saturated rings. The minimum absolute atomic E-state index is 0.940. The van der Waals surface area contributed by atoms with Crippen LogP contribution in [-0.2, 0) is 0 Å². The molecule has 2 aromatic rings. The summed E-state index contributed by atoms with van der Waals surface area (Å²) in [4.78, 5) is 0. The minimum Gasteiger partial charge on any atom is -0.457 e. The molecule has 0 unspecified atom stereocenters. The first-order valence-corrected chi connectivity index (χ1v) is 5.06. The first-order chi connectivity index (χ1) is 7.34. The lowest BCUT2D eigenvalue weighted by molar-refractivity contribution is 0.468. The second kappa shape index (κ2) is 3.13. The molecule has 2 aromatic carbocycles. The summed E-state index contributed by atoms with van der Waals surface area (Å²) in [5, 5.41) is 0. The molecule has 0 saturated heterocycles. The number of hydrogen-bond donors (Lipinski definition) is 0. The fraction of sp³-hybridized carbons (Fsp3) is 0.0714. The van der Waals surface area contributed by atoms with Crippen molar-refractivity contribution < 1.29 is 4.74 Å². The van der Waals surface area contributed by atoms with Gasteiger partial charge in [0.05, 0.1) is 0 Å². The van der Waals surface area contributed by atoms with Crippen molar-refractivity contribution in [2.45, 2.75) is 6.92 Å². The van der Waals surface area contributed by atoms with E-state index in [0.717, 1.165) is 17.1 Å². The van der Waals surface area contributed by atoms with Gasteiger partial charge in [-0.3, -0.25) is 0 Å². The van der Waals surface area contributed by atoms with Gasteiger partial charge in [-0.05, 0) is 24.6 Å². The number of benzene rings is 2. The van der Waals surface area contributed by atoms with Crippen LogP contribution in [0.5, 0.6) is 11.5 Å². The average molecular weight is 195 g/mol. The van der Waals surface area contributed by atoms with Crippen LogP contribution in [0, 0.1) is 13.3 Å². The zero-order valence-corrected chi connectivity index (χ0v) is 8.53. The monoisotopic (exact) mass is 195 g/mol. The maximum absolute atomic E-state index is 5.83. The van der Waals surface area contributed by atoms with Crippen molar-refractivity contribution in [2.75, 3.05) is 0 Å². The standard InChI is InChI=1S/C14H11O/c1-10-5-4-8-14-12(10)9-11-6-2-3-7-13(11)15-14/h2-9H,1H3. The van der Waals surface area contributed by atoms with Crippen molar-refractivity contribution in [1.29, 1.82) is 0 Å². The SMILES string of the molecule is Cc1cccc2c1[CH]c1ccccc1O2. The van der Waals surface area contributed by atoms with Crippen LogP contribution in [0.1, 0.15) is 16.7 Å². The smallest absolute Gasteiger partial charge is 0.131 e. The molecule has 0 aromatic heterocycles. The molecule has 1 nitrogen and oxygen atoms in total. The number of fused-ring (bicyclic) bond motifs is 2. The second-order valence-corrected chi connectivity index (χ2v) is 3.77. The first-order valence-electron chi connectivity index (χ1n) is 5.06. The summed E-state index contributed by atoms with van der Waals surface area (Å²) in [6.07, 6.45) is 2.18. The maximum atomic E-state index is 5.83. The molecule has 0 N–H and O–H groups in total. The largest absolute Gasteiger partial charge is 0.457 e. The van der Waals surface area contributed by atoms with Gasteiger partial charge in [-0.25, -0.2) is 0 Å². The van der Waals surface area contributed by atoms with Gasteiger partial charge in [0.1, 0.15) is 11.5 Å². The molecule has 1 heteroatoms. The third kappa shape index (κ3) is 1.32. The predicted octanol–water partition coefficient (Wildman–Crippen LogP) is 3.70. The zero-order chi connectivity index (χ0) is 10.3. The van der Waals surface area contributed by atoms with E-state index in [-0.39, 0.29) is 0 Å². The number of hydrogen-bond acceptors (Lipinski definition) is 1. The topological polar surface area (TPSA) is 9.23 Å². The molecule has 1 aliphatic rings. The van der Waals surface area contributed by atoms with Crippen LogP contribution in [0.25, 0.3) is 0 Å². The highest BCUT2D eigenvalue weighted by Gasteiger charge is 2.17. The highest BCUT2D eigenvalue weighted by atomic mass is 16.5. The maximum Gasteiger partial charge on any atom is 0.131 e. The Kier molecular flexibility index (Phi) is 1.78. The van der Waals surface area contributed by atoms with E-state index in [1.165, 1.54) is 11.1 Å². The number of rotatable bonds is 0. The molecule has 3 rings (SSSR count). The molecule has 15 heavy (non-hydrogen) atoms. The van der Waals surface area contributed by atoms with Crippen molar-refractivity contribution in [3.63, 3.8) is 0 Å². The lowest BCUT2D eigenvalue weighted by Gasteiger charge is -2.20. The molecule has 0 atom stereocenters. The third-order valence-electron chi connectivity index (χ3n) is 2.72. The van der Waals surface area contributed by atoms with Gasteiger partial charge in [-0.2, -0.15) is 0 Å². The highest BCUT2D eigenvalue weighted by molar-refractivity contribution is 5.58. The summed E-state index contributed by atoms with van der Waals surface area (Å²) in [7, 11) is 0. The van der Waals surface area contributed by atoms with Crippen LogP contribution in [0.15, 0.2) is 42.5 Å². The van der Waals surface area contributed by atoms with Crippen molar-refractivity contribution in [3.8, 4) is 11.5 Å². The minimum atomic E-state index is 0.940. The lowest BCUT2D eigenvalue weighted by atomic mass is 9.97. The Morgan fingerprint density at radius 1 is 0.867 bits per heavy atom. The Balaban J connectivity index is 2.15. The van der Waals surface area contributed by atoms with Gasteiger partial charge in [0.15, 0.2) is 0 Å². The van der Waals surface area contributed by atoms with E-state index in [2.05, 4.69) is 25.5 Å². The molecule has 0 bridgehead atoms. The Hall–Kier alpha value is -1.76. The van der Waals surface area contributed by atoms with Gasteiger partial charge in [-0.15, -0.1) is 0 Å². The number of para-hydroxylation sites is 1. The van der Waals surface area contributed by atoms with E-state index in [4.69, 9.17) is 4.74 Å². The van der Waals surface area contributed by atoms with Gasteiger partial charge in [0, 0.05) is 17.5 Å². The molecule has 1 radical (unpaired) electrons. The third-order valence-corrected chi connectivity index (χ3v) is 2.72. The van der Waals surface area contributed by atoms with Gasteiger partial charge in [0.2, 0.25) is 0 Å². The average Bonchev–Trinajstić information content (AvgIpc) is 2.27. The molecular formula is C14H11O. The Morgan fingerprint density at radius 2 is 1.67 bits per heavy atom. The zero-order valence-electron chi connectivity index (χ0n) is 8.53. The summed E-state index contributed by atoms with van der Waals surface area (Å²) in [5.74, 6) is 1.89. The Bertz CT molecular complexity index is 514. The van der Waals surface area contributed by atoms with Crippen molar-refractivity contribution in [1.82, 2.24) is 0 Å². The van der Waals surface area contributed by atoms with E-state index in [9.17, 15) is 0 Å². The van der Waals surface area contributed by atoms with Crippen LogP contribution in [-0.4, -0.2) is 0 Å². The Labute approximate surface area is 89.3 Å². The first kappa shape index (κ1) is 8.54. The van der Waals surface area contributed by atoms with Gasteiger partial charge < -0.3 is 4.74 Å². The highest BCUT2D eigenvalue weighted by Crippen LogP contribution is 2.38. The quantitative estimate of drug-likeness (QED) is 0.531. The summed E-state index contributed by atoms with van der Waals surface area (Å²) >= 11 is 0. The number of ether oxygens (including phenoxy) is 1. The van der Waals surface area contributed by atoms with E-state index in [1.54, 1.807) is 0 Å². The lowest BCUT2D eigenvalue weighted by Crippen LogP contribution is -2.02. The van der Waals surface area contributed by atoms with E-state index < -0.39 is 0 Å². The second-order valence-electron chi connectivity index (χ2n) is 3.77. The summed E-state index contributed by atoms with van der Waals surface area (Å²) in [6, 6.07) is 14.2. The van der Waals surface area contributed by atoms with E-state index >= 15 is 0 Å². The number of aryl methyl sites for hydroxylation is 1. The van der Waals surface area contributed by atoms with Gasteiger partial charge in [-0.1, -0.05) is 30.3 Å². The predicted molar refractivity (Wildman–Crippen MR) is 60.2 cm³/mol. The molecule has 0 aliphatic carbocycles. The fourth-order valence-corrected chi connectivity index (χ4v) is 1.89. The van der Waals surface area contributed by atoms with Crippen LogP contribution in [0.3, 0.4) is 0 Å². The molecule has 0 amide bonds. The molecular weight excluding hydrogens is 184 g/mol. The van der Waals surface area contributed by atoms with Gasteiger partial charge in [0.25, 0.3) is 0 Å². The summed E-state index contributed by atoms with van der Waals surface area (Å²) in [5.41, 5.74) is 3.59. The summed E-state index contributed by atoms with van der Waals surface area (Å²) in [6.45, 7) is 2.10. The molecule has 1 aliphatic heterocycles. The van der Waals surface area contributed by atoms with Crippen LogP contribution < -0.4 is 4.74 Å². The van der Waals surface area contributed by atoms with Crippen LogP contribution in [0.2, 0.25) is 0 Å². The summed E-state index contributed by atoms with van der Waals surface area (Å²) < 4.78 is 5.83.